The van der Waals surface area contributed by atoms with Crippen LogP contribution < -0.4 is 0 Å². The van der Waals surface area contributed by atoms with Gasteiger partial charge in [0.1, 0.15) is 6.33 Å². The molecule has 0 fully saturated rings. The highest BCUT2D eigenvalue weighted by Crippen LogP contribution is 2.22. The molecular weight excluding hydrogens is 262 g/mol. The number of thioether (sulfide) groups is 1. The summed E-state index contributed by atoms with van der Waals surface area (Å²) in [6.45, 7) is 2.02. The van der Waals surface area contributed by atoms with Crippen molar-refractivity contribution in [2.75, 3.05) is 0 Å². The van der Waals surface area contributed by atoms with Crippen LogP contribution in [0.4, 0.5) is 0 Å². The average molecular weight is 273 g/mol. The maximum Gasteiger partial charge on any atom is 0.237 e. The van der Waals surface area contributed by atoms with Gasteiger partial charge in [0.2, 0.25) is 11.7 Å². The third kappa shape index (κ3) is 2.65. The van der Waals surface area contributed by atoms with Crippen molar-refractivity contribution in [1.29, 1.82) is 0 Å². The molecule has 2 heterocycles. The Hall–Kier alpha value is -2.15. The van der Waals surface area contributed by atoms with Crippen molar-refractivity contribution in [3.05, 3.63) is 42.0 Å². The van der Waals surface area contributed by atoms with Crippen LogP contribution in [-0.2, 0) is 5.75 Å². The summed E-state index contributed by atoms with van der Waals surface area (Å²) >= 11 is 1.47. The molecule has 0 unspecified atom stereocenters. The fourth-order valence-corrected chi connectivity index (χ4v) is 2.26. The normalized spacial score (nSPS) is 10.8. The number of aromatic nitrogens is 5. The number of H-pyrrole nitrogens is 1. The van der Waals surface area contributed by atoms with Crippen molar-refractivity contribution in [3.63, 3.8) is 0 Å². The highest BCUT2D eigenvalue weighted by atomic mass is 32.2. The lowest BCUT2D eigenvalue weighted by Crippen LogP contribution is -1.86. The zero-order chi connectivity index (χ0) is 13.1. The fraction of sp³-hybridized carbons (Fsp3) is 0.167. The van der Waals surface area contributed by atoms with Crippen LogP contribution in [0.1, 0.15) is 11.5 Å². The van der Waals surface area contributed by atoms with E-state index in [2.05, 4.69) is 25.3 Å². The lowest BCUT2D eigenvalue weighted by Gasteiger charge is -1.97. The van der Waals surface area contributed by atoms with Gasteiger partial charge in [-0.25, -0.2) is 4.98 Å². The standard InChI is InChI=1S/C12H11N5OS/c1-8-4-2-3-5-9(8)11-15-10(18-17-11)6-19-12-13-7-14-16-12/h2-5,7H,6H2,1H3,(H,13,14,16). The lowest BCUT2D eigenvalue weighted by molar-refractivity contribution is 0.391. The van der Waals surface area contributed by atoms with Gasteiger partial charge in [-0.15, -0.1) is 0 Å². The Morgan fingerprint density at radius 1 is 1.32 bits per heavy atom. The number of aromatic amines is 1. The molecule has 1 aromatic carbocycles. The van der Waals surface area contributed by atoms with E-state index in [-0.39, 0.29) is 0 Å². The predicted octanol–water partition coefficient (Wildman–Crippen LogP) is 2.46. The summed E-state index contributed by atoms with van der Waals surface area (Å²) in [6, 6.07) is 7.95. The second-order valence-corrected chi connectivity index (χ2v) is 4.87. The highest BCUT2D eigenvalue weighted by Gasteiger charge is 2.11. The third-order valence-corrected chi connectivity index (χ3v) is 3.44. The number of benzene rings is 1. The minimum atomic E-state index is 0.564. The summed E-state index contributed by atoms with van der Waals surface area (Å²) < 4.78 is 5.23. The molecule has 1 N–H and O–H groups in total. The smallest absolute Gasteiger partial charge is 0.237 e. The number of rotatable bonds is 4. The number of hydrogen-bond donors (Lipinski definition) is 1. The summed E-state index contributed by atoms with van der Waals surface area (Å²) in [5.41, 5.74) is 2.11. The van der Waals surface area contributed by atoms with Crippen molar-refractivity contribution in [2.24, 2.45) is 0 Å². The monoisotopic (exact) mass is 273 g/mol. The van der Waals surface area contributed by atoms with E-state index >= 15 is 0 Å². The Bertz CT molecular complexity index is 664. The predicted molar refractivity (Wildman–Crippen MR) is 70.4 cm³/mol. The second-order valence-electron chi connectivity index (χ2n) is 3.91. The Balaban J connectivity index is 1.75. The molecule has 7 heteroatoms. The molecule has 96 valence electrons. The van der Waals surface area contributed by atoms with Gasteiger partial charge in [-0.2, -0.15) is 10.1 Å². The van der Waals surface area contributed by atoms with Crippen LogP contribution in [0, 0.1) is 6.92 Å². The molecule has 0 bridgehead atoms. The van der Waals surface area contributed by atoms with Crippen LogP contribution in [-0.4, -0.2) is 25.3 Å². The van der Waals surface area contributed by atoms with Gasteiger partial charge in [-0.05, 0) is 12.5 Å². The first kappa shape index (κ1) is 11.9. The first-order valence-corrected chi connectivity index (χ1v) is 6.68. The van der Waals surface area contributed by atoms with E-state index in [0.29, 0.717) is 17.5 Å². The van der Waals surface area contributed by atoms with Crippen LogP contribution in [0.2, 0.25) is 0 Å². The van der Waals surface area contributed by atoms with Gasteiger partial charge < -0.3 is 4.52 Å². The van der Waals surface area contributed by atoms with E-state index in [1.165, 1.54) is 18.1 Å². The first-order chi connectivity index (χ1) is 9.33. The van der Waals surface area contributed by atoms with Crippen LogP contribution in [0.25, 0.3) is 11.4 Å². The molecule has 6 nitrogen and oxygen atoms in total. The molecule has 3 rings (SSSR count). The van der Waals surface area contributed by atoms with Gasteiger partial charge in [0.05, 0.1) is 5.75 Å². The number of nitrogens with one attached hydrogen (secondary N) is 1. The maximum atomic E-state index is 5.23. The van der Waals surface area contributed by atoms with Crippen LogP contribution in [0.3, 0.4) is 0 Å². The molecule has 0 aliphatic heterocycles. The largest absolute Gasteiger partial charge is 0.338 e. The highest BCUT2D eigenvalue weighted by molar-refractivity contribution is 7.98. The quantitative estimate of drug-likeness (QED) is 0.735. The van der Waals surface area contributed by atoms with E-state index < -0.39 is 0 Å². The molecule has 2 aromatic heterocycles. The number of aryl methyl sites for hydroxylation is 1. The zero-order valence-corrected chi connectivity index (χ0v) is 11.0. The van der Waals surface area contributed by atoms with Crippen LogP contribution in [0.5, 0.6) is 0 Å². The molecule has 3 aromatic rings. The first-order valence-electron chi connectivity index (χ1n) is 5.69. The molecule has 0 atom stereocenters. The van der Waals surface area contributed by atoms with Crippen LogP contribution >= 0.6 is 11.8 Å². The number of nitrogens with zero attached hydrogens (tertiary/aromatic N) is 4. The van der Waals surface area contributed by atoms with Crippen molar-refractivity contribution in [3.8, 4) is 11.4 Å². The summed E-state index contributed by atoms with van der Waals surface area (Å²) in [7, 11) is 0. The van der Waals surface area contributed by atoms with Crippen LogP contribution in [0.15, 0.2) is 40.3 Å². The van der Waals surface area contributed by atoms with E-state index in [1.807, 2.05) is 31.2 Å². The Morgan fingerprint density at radius 2 is 2.21 bits per heavy atom. The minimum Gasteiger partial charge on any atom is -0.338 e. The molecule has 0 saturated carbocycles. The molecular formula is C12H11N5OS. The lowest BCUT2D eigenvalue weighted by atomic mass is 10.1. The molecule has 0 radical (unpaired) electrons. The van der Waals surface area contributed by atoms with E-state index in [0.717, 1.165) is 16.3 Å². The fourth-order valence-electron chi connectivity index (χ4n) is 1.64. The van der Waals surface area contributed by atoms with Crippen molar-refractivity contribution >= 4 is 11.8 Å². The molecule has 0 amide bonds. The molecule has 0 aliphatic rings. The zero-order valence-electron chi connectivity index (χ0n) is 10.2. The Morgan fingerprint density at radius 3 is 3.00 bits per heavy atom. The van der Waals surface area contributed by atoms with Gasteiger partial charge in [0, 0.05) is 5.56 Å². The number of hydrogen-bond acceptors (Lipinski definition) is 6. The molecule has 19 heavy (non-hydrogen) atoms. The molecule has 0 spiro atoms. The SMILES string of the molecule is Cc1ccccc1-c1noc(CSc2ncn[nH]2)n1. The van der Waals surface area contributed by atoms with Gasteiger partial charge in [0.15, 0.2) is 5.16 Å². The van der Waals surface area contributed by atoms with Crippen molar-refractivity contribution < 1.29 is 4.52 Å². The summed E-state index contributed by atoms with van der Waals surface area (Å²) in [6.07, 6.45) is 1.47. The summed E-state index contributed by atoms with van der Waals surface area (Å²) in [5, 5.41) is 11.3. The van der Waals surface area contributed by atoms with Gasteiger partial charge in [0.25, 0.3) is 0 Å². The Kier molecular flexibility index (Phi) is 3.28. The minimum absolute atomic E-state index is 0.564. The second kappa shape index (κ2) is 5.23. The maximum absolute atomic E-state index is 5.23. The average Bonchev–Trinajstić information content (AvgIpc) is 3.08. The van der Waals surface area contributed by atoms with Gasteiger partial charge >= 0.3 is 0 Å². The van der Waals surface area contributed by atoms with Crippen molar-refractivity contribution in [2.45, 2.75) is 17.8 Å². The van der Waals surface area contributed by atoms with Gasteiger partial charge in [-0.3, -0.25) is 5.10 Å². The molecule has 0 aliphatic carbocycles. The molecule has 0 saturated heterocycles. The summed E-state index contributed by atoms with van der Waals surface area (Å²) in [4.78, 5) is 8.40. The topological polar surface area (TPSA) is 80.5 Å². The third-order valence-electron chi connectivity index (χ3n) is 2.58. The summed E-state index contributed by atoms with van der Waals surface area (Å²) in [5.74, 6) is 1.75. The van der Waals surface area contributed by atoms with E-state index in [4.69, 9.17) is 4.52 Å². The van der Waals surface area contributed by atoms with E-state index in [1.54, 1.807) is 0 Å². The van der Waals surface area contributed by atoms with Crippen molar-refractivity contribution in [1.82, 2.24) is 25.3 Å². The Labute approximate surface area is 113 Å². The van der Waals surface area contributed by atoms with Gasteiger partial charge in [-0.1, -0.05) is 41.2 Å². The van der Waals surface area contributed by atoms with E-state index in [9.17, 15) is 0 Å².